The zero-order valence-corrected chi connectivity index (χ0v) is 21.5. The first-order valence-electron chi connectivity index (χ1n) is 12.0. The highest BCUT2D eigenvalue weighted by atomic mass is 19.1. The zero-order chi connectivity index (χ0) is 27.9. The largest absolute Gasteiger partial charge is 0.462 e. The number of carbonyl (C=O) groups is 2. The van der Waals surface area contributed by atoms with Crippen LogP contribution in [0.25, 0.3) is 11.1 Å². The van der Waals surface area contributed by atoms with Crippen molar-refractivity contribution in [3.8, 4) is 16.9 Å². The summed E-state index contributed by atoms with van der Waals surface area (Å²) < 4.78 is 39.4. The van der Waals surface area contributed by atoms with Crippen LogP contribution >= 0.6 is 0 Å². The van der Waals surface area contributed by atoms with Gasteiger partial charge in [0, 0.05) is 25.3 Å². The normalized spacial score (nSPS) is 10.9. The molecule has 0 heterocycles. The number of rotatable bonds is 8. The number of azo groups is 1. The molecule has 0 amide bonds. The van der Waals surface area contributed by atoms with Crippen molar-refractivity contribution in [3.05, 3.63) is 108 Å². The Morgan fingerprint density at radius 2 is 1.41 bits per heavy atom. The average molecular weight is 530 g/mol. The standard InChI is InChI=1S/C30H25F2N3O4/c1-4-38-29(36)20-7-15-25(26(31)17-20)19-5-13-24(14-6-19)39-30(37)21-8-16-28(27(32)18-21)34-33-22-9-11-23(12-10-22)35(2)3/h5-18H,4H2,1-3H3/b34-33+. The molecule has 4 aromatic carbocycles. The summed E-state index contributed by atoms with van der Waals surface area (Å²) in [6.07, 6.45) is 0. The van der Waals surface area contributed by atoms with Crippen LogP contribution in [-0.4, -0.2) is 32.6 Å². The summed E-state index contributed by atoms with van der Waals surface area (Å²) in [5, 5.41) is 7.97. The summed E-state index contributed by atoms with van der Waals surface area (Å²) in [5.41, 5.74) is 2.41. The van der Waals surface area contributed by atoms with E-state index in [1.807, 2.05) is 31.1 Å². The number of hydrogen-bond acceptors (Lipinski definition) is 7. The van der Waals surface area contributed by atoms with Gasteiger partial charge in [-0.1, -0.05) is 18.2 Å². The van der Waals surface area contributed by atoms with E-state index in [9.17, 15) is 18.4 Å². The van der Waals surface area contributed by atoms with Crippen molar-refractivity contribution in [1.29, 1.82) is 0 Å². The fourth-order valence-corrected chi connectivity index (χ4v) is 3.60. The number of halogens is 2. The fourth-order valence-electron chi connectivity index (χ4n) is 3.60. The van der Waals surface area contributed by atoms with Crippen LogP contribution in [0.2, 0.25) is 0 Å². The van der Waals surface area contributed by atoms with Crippen LogP contribution in [0.4, 0.5) is 25.8 Å². The van der Waals surface area contributed by atoms with E-state index in [1.54, 1.807) is 31.2 Å². The molecule has 0 fully saturated rings. The Labute approximate surface area is 224 Å². The molecule has 0 radical (unpaired) electrons. The van der Waals surface area contributed by atoms with Gasteiger partial charge in [-0.15, -0.1) is 5.11 Å². The van der Waals surface area contributed by atoms with Gasteiger partial charge in [0.25, 0.3) is 0 Å². The van der Waals surface area contributed by atoms with Gasteiger partial charge >= 0.3 is 11.9 Å². The molecule has 7 nitrogen and oxygen atoms in total. The maximum atomic E-state index is 14.6. The fraction of sp³-hybridized carbons (Fsp3) is 0.133. The van der Waals surface area contributed by atoms with Crippen molar-refractivity contribution in [2.45, 2.75) is 6.92 Å². The average Bonchev–Trinajstić information content (AvgIpc) is 2.93. The monoisotopic (exact) mass is 529 g/mol. The summed E-state index contributed by atoms with van der Waals surface area (Å²) in [4.78, 5) is 26.3. The number of carbonyl (C=O) groups excluding carboxylic acids is 2. The molecular weight excluding hydrogens is 504 g/mol. The van der Waals surface area contributed by atoms with Crippen molar-refractivity contribution in [2.24, 2.45) is 10.2 Å². The predicted molar refractivity (Wildman–Crippen MR) is 144 cm³/mol. The van der Waals surface area contributed by atoms with Crippen LogP contribution in [0.5, 0.6) is 5.75 Å². The third kappa shape index (κ3) is 6.70. The van der Waals surface area contributed by atoms with Crippen LogP contribution in [0.1, 0.15) is 27.6 Å². The lowest BCUT2D eigenvalue weighted by Gasteiger charge is -2.11. The number of nitrogens with zero attached hydrogens (tertiary/aromatic N) is 3. The summed E-state index contributed by atoms with van der Waals surface area (Å²) in [6.45, 7) is 1.86. The van der Waals surface area contributed by atoms with Gasteiger partial charge in [-0.25, -0.2) is 18.4 Å². The van der Waals surface area contributed by atoms with Crippen molar-refractivity contribution in [1.82, 2.24) is 0 Å². The Morgan fingerprint density at radius 1 is 0.769 bits per heavy atom. The third-order valence-electron chi connectivity index (χ3n) is 5.68. The molecule has 0 saturated heterocycles. The molecule has 0 aliphatic carbocycles. The molecule has 0 atom stereocenters. The van der Waals surface area contributed by atoms with Gasteiger partial charge in [-0.05, 0) is 79.2 Å². The molecule has 198 valence electrons. The Bertz CT molecular complexity index is 1520. The van der Waals surface area contributed by atoms with Crippen LogP contribution in [-0.2, 0) is 4.74 Å². The highest BCUT2D eigenvalue weighted by molar-refractivity contribution is 5.92. The maximum absolute atomic E-state index is 14.6. The Balaban J connectivity index is 1.41. The van der Waals surface area contributed by atoms with Crippen molar-refractivity contribution in [2.75, 3.05) is 25.6 Å². The second-order valence-corrected chi connectivity index (χ2v) is 8.61. The maximum Gasteiger partial charge on any atom is 0.343 e. The Hall–Kier alpha value is -4.92. The minimum Gasteiger partial charge on any atom is -0.462 e. The summed E-state index contributed by atoms with van der Waals surface area (Å²) >= 11 is 0. The number of esters is 2. The first kappa shape index (κ1) is 27.1. The van der Waals surface area contributed by atoms with E-state index in [-0.39, 0.29) is 34.7 Å². The molecule has 4 rings (SSSR count). The van der Waals surface area contributed by atoms with Crippen molar-refractivity contribution < 1.29 is 27.8 Å². The van der Waals surface area contributed by atoms with E-state index < -0.39 is 23.6 Å². The second-order valence-electron chi connectivity index (χ2n) is 8.61. The molecule has 0 unspecified atom stereocenters. The van der Waals surface area contributed by atoms with Gasteiger partial charge in [0.05, 0.1) is 23.4 Å². The van der Waals surface area contributed by atoms with E-state index in [1.165, 1.54) is 36.4 Å². The van der Waals surface area contributed by atoms with E-state index in [0.717, 1.165) is 17.8 Å². The number of benzene rings is 4. The van der Waals surface area contributed by atoms with Crippen LogP contribution in [0.15, 0.2) is 95.2 Å². The highest BCUT2D eigenvalue weighted by Crippen LogP contribution is 2.28. The predicted octanol–water partition coefficient (Wildman–Crippen LogP) is 7.51. The quantitative estimate of drug-likeness (QED) is 0.134. The highest BCUT2D eigenvalue weighted by Gasteiger charge is 2.14. The Morgan fingerprint density at radius 3 is 2.03 bits per heavy atom. The molecular formula is C30H25F2N3O4. The van der Waals surface area contributed by atoms with Crippen molar-refractivity contribution >= 4 is 29.0 Å². The van der Waals surface area contributed by atoms with Gasteiger partial charge < -0.3 is 14.4 Å². The third-order valence-corrected chi connectivity index (χ3v) is 5.68. The van der Waals surface area contributed by atoms with Crippen molar-refractivity contribution in [3.63, 3.8) is 0 Å². The van der Waals surface area contributed by atoms with Gasteiger partial charge in [-0.3, -0.25) is 0 Å². The second kappa shape index (κ2) is 12.1. The SMILES string of the molecule is CCOC(=O)c1ccc(-c2ccc(OC(=O)c3ccc(/N=N/c4ccc(N(C)C)cc4)c(F)c3)cc2)c(F)c1. The van der Waals surface area contributed by atoms with E-state index in [2.05, 4.69) is 10.2 Å². The van der Waals surface area contributed by atoms with Gasteiger partial charge in [0.2, 0.25) is 0 Å². The van der Waals surface area contributed by atoms with E-state index >= 15 is 0 Å². The summed E-state index contributed by atoms with van der Waals surface area (Å²) in [5.74, 6) is -2.50. The van der Waals surface area contributed by atoms with Gasteiger partial charge in [0.15, 0.2) is 5.82 Å². The smallest absolute Gasteiger partial charge is 0.343 e. The molecule has 9 heteroatoms. The molecule has 0 spiro atoms. The topological polar surface area (TPSA) is 80.6 Å². The molecule has 0 aromatic heterocycles. The molecule has 0 aliphatic rings. The Kier molecular flexibility index (Phi) is 8.40. The van der Waals surface area contributed by atoms with E-state index in [4.69, 9.17) is 9.47 Å². The number of anilines is 1. The molecule has 0 aliphatic heterocycles. The van der Waals surface area contributed by atoms with Crippen LogP contribution in [0.3, 0.4) is 0 Å². The molecule has 0 N–H and O–H groups in total. The lowest BCUT2D eigenvalue weighted by atomic mass is 10.0. The minimum atomic E-state index is -0.769. The lowest BCUT2D eigenvalue weighted by Crippen LogP contribution is -2.08. The lowest BCUT2D eigenvalue weighted by molar-refractivity contribution is 0.0525. The molecule has 0 saturated carbocycles. The zero-order valence-electron chi connectivity index (χ0n) is 21.5. The van der Waals surface area contributed by atoms with Gasteiger partial charge in [-0.2, -0.15) is 5.11 Å². The minimum absolute atomic E-state index is 0.00791. The first-order chi connectivity index (χ1) is 18.7. The van der Waals surface area contributed by atoms with Crippen LogP contribution in [0, 0.1) is 11.6 Å². The van der Waals surface area contributed by atoms with E-state index in [0.29, 0.717) is 11.3 Å². The van der Waals surface area contributed by atoms with Crippen LogP contribution < -0.4 is 9.64 Å². The first-order valence-corrected chi connectivity index (χ1v) is 12.0. The number of ether oxygens (including phenoxy) is 2. The summed E-state index contributed by atoms with van der Waals surface area (Å²) in [7, 11) is 3.84. The molecule has 0 bridgehead atoms. The van der Waals surface area contributed by atoms with Gasteiger partial charge in [0.1, 0.15) is 17.3 Å². The molecule has 39 heavy (non-hydrogen) atoms. The number of hydrogen-bond donors (Lipinski definition) is 0. The summed E-state index contributed by atoms with van der Waals surface area (Å²) in [6, 6.07) is 21.2. The molecule has 4 aromatic rings.